The average Bonchev–Trinajstić information content (AvgIpc) is 2.97. The molecule has 0 atom stereocenters. The van der Waals surface area contributed by atoms with E-state index in [-0.39, 0.29) is 0 Å². The maximum Gasteiger partial charge on any atom is 0.488 e. The van der Waals surface area contributed by atoms with Crippen LogP contribution in [0.15, 0.2) is 18.2 Å². The van der Waals surface area contributed by atoms with Gasteiger partial charge in [0.2, 0.25) is 0 Å². The Morgan fingerprint density at radius 2 is 1.44 bits per heavy atom. The molecule has 0 radical (unpaired) electrons. The third-order valence-corrected chi connectivity index (χ3v) is 3.92. The Labute approximate surface area is 96.5 Å². The highest BCUT2D eigenvalue weighted by atomic mass is 16.4. The highest BCUT2D eigenvalue weighted by Crippen LogP contribution is 2.42. The Morgan fingerprint density at radius 3 is 1.81 bits per heavy atom. The number of benzene rings is 1. The molecular formula is C13H17BO2. The molecule has 0 spiro atoms. The van der Waals surface area contributed by atoms with Crippen molar-refractivity contribution in [2.24, 2.45) is 0 Å². The van der Waals surface area contributed by atoms with Crippen LogP contribution in [0.25, 0.3) is 0 Å². The summed E-state index contributed by atoms with van der Waals surface area (Å²) in [6, 6.07) is 6.22. The molecular weight excluding hydrogens is 199 g/mol. The predicted molar refractivity (Wildman–Crippen MR) is 64.8 cm³/mol. The molecule has 0 aromatic heterocycles. The van der Waals surface area contributed by atoms with Crippen LogP contribution < -0.4 is 5.46 Å². The topological polar surface area (TPSA) is 40.5 Å². The lowest BCUT2D eigenvalue weighted by Gasteiger charge is -2.27. The minimum Gasteiger partial charge on any atom is -0.423 e. The fourth-order valence-corrected chi connectivity index (χ4v) is 2.48. The summed E-state index contributed by atoms with van der Waals surface area (Å²) < 4.78 is 0. The van der Waals surface area contributed by atoms with Crippen LogP contribution in [-0.4, -0.2) is 17.2 Å². The number of hydrogen-bond acceptors (Lipinski definition) is 2. The van der Waals surface area contributed by atoms with Crippen molar-refractivity contribution in [1.82, 2.24) is 0 Å². The van der Waals surface area contributed by atoms with E-state index in [1.165, 1.54) is 43.2 Å². The van der Waals surface area contributed by atoms with E-state index in [9.17, 15) is 10.0 Å². The second kappa shape index (κ2) is 3.90. The van der Waals surface area contributed by atoms with Gasteiger partial charge in [-0.1, -0.05) is 24.6 Å². The lowest BCUT2D eigenvalue weighted by Crippen LogP contribution is -2.31. The van der Waals surface area contributed by atoms with Crippen LogP contribution in [0.4, 0.5) is 0 Å². The molecule has 0 bridgehead atoms. The van der Waals surface area contributed by atoms with Crippen LogP contribution in [0.2, 0.25) is 0 Å². The summed E-state index contributed by atoms with van der Waals surface area (Å²) in [5, 5.41) is 18.6. The van der Waals surface area contributed by atoms with Crippen molar-refractivity contribution in [3.63, 3.8) is 0 Å². The summed E-state index contributed by atoms with van der Waals surface area (Å²) in [6.45, 7) is 0. The average molecular weight is 216 g/mol. The largest absolute Gasteiger partial charge is 0.488 e. The predicted octanol–water partition coefficient (Wildman–Crippen LogP) is 1.51. The van der Waals surface area contributed by atoms with Crippen molar-refractivity contribution in [3.8, 4) is 0 Å². The van der Waals surface area contributed by atoms with Gasteiger partial charge in [0.25, 0.3) is 0 Å². The zero-order chi connectivity index (χ0) is 11.1. The molecule has 84 valence electrons. The van der Waals surface area contributed by atoms with Crippen LogP contribution in [0.5, 0.6) is 0 Å². The van der Waals surface area contributed by atoms with Crippen molar-refractivity contribution in [3.05, 3.63) is 29.3 Å². The Bertz CT molecular complexity index is 375. The van der Waals surface area contributed by atoms with E-state index >= 15 is 0 Å². The zero-order valence-corrected chi connectivity index (χ0v) is 9.39. The van der Waals surface area contributed by atoms with Crippen LogP contribution >= 0.6 is 0 Å². The first-order chi connectivity index (χ1) is 7.74. The summed E-state index contributed by atoms with van der Waals surface area (Å²) in [4.78, 5) is 0. The van der Waals surface area contributed by atoms with Gasteiger partial charge in [0, 0.05) is 0 Å². The Kier molecular flexibility index (Phi) is 2.53. The fourth-order valence-electron chi connectivity index (χ4n) is 2.48. The van der Waals surface area contributed by atoms with Gasteiger partial charge in [-0.2, -0.15) is 0 Å². The molecule has 2 aliphatic rings. The second-order valence-corrected chi connectivity index (χ2v) is 5.21. The van der Waals surface area contributed by atoms with Crippen LogP contribution in [-0.2, 0) is 0 Å². The Balaban J connectivity index is 1.95. The molecule has 1 aromatic rings. The smallest absolute Gasteiger partial charge is 0.423 e. The van der Waals surface area contributed by atoms with Crippen molar-refractivity contribution < 1.29 is 10.0 Å². The molecule has 0 aliphatic heterocycles. The van der Waals surface area contributed by atoms with Crippen molar-refractivity contribution in [2.45, 2.75) is 43.9 Å². The highest BCUT2D eigenvalue weighted by Gasteiger charge is 2.28. The first-order valence-electron chi connectivity index (χ1n) is 6.25. The third-order valence-electron chi connectivity index (χ3n) is 3.92. The molecule has 2 aliphatic carbocycles. The standard InChI is InChI=1S/C13H17BO2/c15-14(16)13-7-11(9-2-1-3-9)6-12(8-13)10-4-5-10/h6-10,15-16H,1-5H2. The zero-order valence-electron chi connectivity index (χ0n) is 9.39. The third kappa shape index (κ3) is 1.90. The van der Waals surface area contributed by atoms with Gasteiger partial charge in [0.1, 0.15) is 0 Å². The minimum absolute atomic E-state index is 0.663. The van der Waals surface area contributed by atoms with E-state index in [1.54, 1.807) is 0 Å². The molecule has 3 heteroatoms. The first-order valence-corrected chi connectivity index (χ1v) is 6.25. The van der Waals surface area contributed by atoms with Crippen LogP contribution in [0.3, 0.4) is 0 Å². The monoisotopic (exact) mass is 216 g/mol. The Morgan fingerprint density at radius 1 is 0.875 bits per heavy atom. The molecule has 16 heavy (non-hydrogen) atoms. The quantitative estimate of drug-likeness (QED) is 0.752. The van der Waals surface area contributed by atoms with Gasteiger partial charge >= 0.3 is 7.12 Å². The maximum absolute atomic E-state index is 9.30. The number of rotatable bonds is 3. The molecule has 0 saturated heterocycles. The van der Waals surface area contributed by atoms with E-state index in [1.807, 2.05) is 12.1 Å². The minimum atomic E-state index is -1.32. The summed E-state index contributed by atoms with van der Waals surface area (Å²) in [5.41, 5.74) is 3.30. The van der Waals surface area contributed by atoms with E-state index in [2.05, 4.69) is 6.07 Å². The van der Waals surface area contributed by atoms with E-state index < -0.39 is 7.12 Å². The molecule has 0 heterocycles. The van der Waals surface area contributed by atoms with Crippen molar-refractivity contribution >= 4 is 12.6 Å². The van der Waals surface area contributed by atoms with Crippen LogP contribution in [0.1, 0.15) is 55.1 Å². The SMILES string of the molecule is OB(O)c1cc(C2CCC2)cc(C2CC2)c1. The fraction of sp³-hybridized carbons (Fsp3) is 0.538. The summed E-state index contributed by atoms with van der Waals surface area (Å²) >= 11 is 0. The lowest BCUT2D eigenvalue weighted by atomic mass is 9.73. The normalized spacial score (nSPS) is 20.6. The van der Waals surface area contributed by atoms with E-state index in [4.69, 9.17) is 0 Å². The molecule has 0 amide bonds. The number of hydrogen-bond donors (Lipinski definition) is 2. The van der Waals surface area contributed by atoms with Gasteiger partial charge in [-0.05, 0) is 54.1 Å². The van der Waals surface area contributed by atoms with Crippen molar-refractivity contribution in [2.75, 3.05) is 0 Å². The molecule has 3 rings (SSSR count). The van der Waals surface area contributed by atoms with Gasteiger partial charge in [0.15, 0.2) is 0 Å². The van der Waals surface area contributed by atoms with E-state index in [0.717, 1.165) is 0 Å². The van der Waals surface area contributed by atoms with Gasteiger partial charge in [-0.3, -0.25) is 0 Å². The van der Waals surface area contributed by atoms with Crippen molar-refractivity contribution in [1.29, 1.82) is 0 Å². The molecule has 0 unspecified atom stereocenters. The van der Waals surface area contributed by atoms with Gasteiger partial charge in [0.05, 0.1) is 0 Å². The summed E-state index contributed by atoms with van der Waals surface area (Å²) in [6.07, 6.45) is 6.35. The summed E-state index contributed by atoms with van der Waals surface area (Å²) in [7, 11) is -1.32. The van der Waals surface area contributed by atoms with Crippen LogP contribution in [0, 0.1) is 0 Å². The van der Waals surface area contributed by atoms with Gasteiger partial charge < -0.3 is 10.0 Å². The molecule has 2 saturated carbocycles. The van der Waals surface area contributed by atoms with E-state index in [0.29, 0.717) is 17.3 Å². The Hall–Kier alpha value is -0.795. The molecule has 2 N–H and O–H groups in total. The molecule has 2 fully saturated rings. The highest BCUT2D eigenvalue weighted by molar-refractivity contribution is 6.58. The second-order valence-electron chi connectivity index (χ2n) is 5.21. The maximum atomic E-state index is 9.30. The summed E-state index contributed by atoms with van der Waals surface area (Å²) in [5.74, 6) is 1.34. The van der Waals surface area contributed by atoms with Gasteiger partial charge in [-0.15, -0.1) is 0 Å². The molecule has 2 nitrogen and oxygen atoms in total. The first kappa shape index (κ1) is 10.4. The molecule has 1 aromatic carbocycles. The lowest BCUT2D eigenvalue weighted by molar-refractivity contribution is 0.417. The van der Waals surface area contributed by atoms with Gasteiger partial charge in [-0.25, -0.2) is 0 Å².